The SMILES string of the molecule is CC(=O)Nc1scc(-c2ccccc2)c1C#N. The van der Waals surface area contributed by atoms with Crippen molar-refractivity contribution in [2.24, 2.45) is 0 Å². The van der Waals surface area contributed by atoms with Crippen LogP contribution < -0.4 is 5.32 Å². The maximum absolute atomic E-state index is 11.0. The van der Waals surface area contributed by atoms with Gasteiger partial charge in [-0.2, -0.15) is 5.26 Å². The molecule has 0 aliphatic carbocycles. The number of hydrogen-bond donors (Lipinski definition) is 1. The van der Waals surface area contributed by atoms with Crippen LogP contribution in [-0.2, 0) is 4.79 Å². The van der Waals surface area contributed by atoms with Crippen LogP contribution in [0.2, 0.25) is 0 Å². The van der Waals surface area contributed by atoms with E-state index in [9.17, 15) is 4.79 Å². The van der Waals surface area contributed by atoms with Gasteiger partial charge in [0, 0.05) is 17.9 Å². The molecule has 3 nitrogen and oxygen atoms in total. The van der Waals surface area contributed by atoms with E-state index in [-0.39, 0.29) is 5.91 Å². The third-order valence-corrected chi connectivity index (χ3v) is 3.17. The molecule has 17 heavy (non-hydrogen) atoms. The molecule has 84 valence electrons. The Morgan fingerprint density at radius 1 is 1.35 bits per heavy atom. The Morgan fingerprint density at radius 3 is 2.65 bits per heavy atom. The van der Waals surface area contributed by atoms with Crippen molar-refractivity contribution in [2.45, 2.75) is 6.92 Å². The standard InChI is InChI=1S/C13H10N2OS/c1-9(16)15-13-11(7-14)12(8-17-13)10-5-3-2-4-6-10/h2-6,8H,1H3,(H,15,16). The number of nitrogens with zero attached hydrogens (tertiary/aromatic N) is 1. The lowest BCUT2D eigenvalue weighted by molar-refractivity contribution is -0.114. The van der Waals surface area contributed by atoms with E-state index < -0.39 is 0 Å². The summed E-state index contributed by atoms with van der Waals surface area (Å²) in [6.45, 7) is 1.43. The molecule has 4 heteroatoms. The number of rotatable bonds is 2. The first kappa shape index (κ1) is 11.4. The van der Waals surface area contributed by atoms with E-state index in [2.05, 4.69) is 11.4 Å². The maximum Gasteiger partial charge on any atom is 0.221 e. The zero-order valence-electron chi connectivity index (χ0n) is 9.23. The summed E-state index contributed by atoms with van der Waals surface area (Å²) in [5.41, 5.74) is 2.37. The van der Waals surface area contributed by atoms with Crippen LogP contribution in [0.25, 0.3) is 11.1 Å². The second-order valence-corrected chi connectivity index (χ2v) is 4.39. The lowest BCUT2D eigenvalue weighted by Crippen LogP contribution is -2.05. The van der Waals surface area contributed by atoms with Crippen LogP contribution >= 0.6 is 11.3 Å². The van der Waals surface area contributed by atoms with Crippen molar-refractivity contribution in [1.82, 2.24) is 0 Å². The molecule has 1 amide bonds. The van der Waals surface area contributed by atoms with Gasteiger partial charge in [-0.15, -0.1) is 11.3 Å². The van der Waals surface area contributed by atoms with E-state index in [1.807, 2.05) is 35.7 Å². The fourth-order valence-electron chi connectivity index (χ4n) is 1.55. The van der Waals surface area contributed by atoms with Crippen LogP contribution in [-0.4, -0.2) is 5.91 Å². The molecule has 1 heterocycles. The largest absolute Gasteiger partial charge is 0.317 e. The highest BCUT2D eigenvalue weighted by molar-refractivity contribution is 7.15. The average molecular weight is 242 g/mol. The molecule has 1 N–H and O–H groups in total. The number of hydrogen-bond acceptors (Lipinski definition) is 3. The van der Waals surface area contributed by atoms with Gasteiger partial charge >= 0.3 is 0 Å². The van der Waals surface area contributed by atoms with Crippen LogP contribution in [0.5, 0.6) is 0 Å². The predicted molar refractivity (Wildman–Crippen MR) is 68.8 cm³/mol. The van der Waals surface area contributed by atoms with E-state index in [1.54, 1.807) is 0 Å². The van der Waals surface area contributed by atoms with Crippen LogP contribution in [0.4, 0.5) is 5.00 Å². The van der Waals surface area contributed by atoms with Gasteiger partial charge in [0.15, 0.2) is 0 Å². The van der Waals surface area contributed by atoms with E-state index in [1.165, 1.54) is 18.3 Å². The van der Waals surface area contributed by atoms with E-state index in [0.29, 0.717) is 10.6 Å². The van der Waals surface area contributed by atoms with Crippen molar-refractivity contribution in [1.29, 1.82) is 5.26 Å². The normalized spacial score (nSPS) is 9.65. The molecular weight excluding hydrogens is 232 g/mol. The first-order chi connectivity index (χ1) is 8.22. The highest BCUT2D eigenvalue weighted by atomic mass is 32.1. The Bertz CT molecular complexity index is 581. The van der Waals surface area contributed by atoms with Crippen molar-refractivity contribution >= 4 is 22.2 Å². The number of benzene rings is 1. The molecule has 0 unspecified atom stereocenters. The van der Waals surface area contributed by atoms with Crippen LogP contribution in [0.15, 0.2) is 35.7 Å². The zero-order chi connectivity index (χ0) is 12.3. The summed E-state index contributed by atoms with van der Waals surface area (Å²) in [4.78, 5) is 11.0. The Labute approximate surface area is 103 Å². The van der Waals surface area contributed by atoms with Gasteiger partial charge in [-0.1, -0.05) is 30.3 Å². The Morgan fingerprint density at radius 2 is 2.06 bits per heavy atom. The van der Waals surface area contributed by atoms with Gasteiger partial charge in [0.05, 0.1) is 5.56 Å². The van der Waals surface area contributed by atoms with Crippen LogP contribution in [0, 0.1) is 11.3 Å². The highest BCUT2D eigenvalue weighted by Gasteiger charge is 2.13. The summed E-state index contributed by atoms with van der Waals surface area (Å²) in [6, 6.07) is 11.8. The summed E-state index contributed by atoms with van der Waals surface area (Å²) in [5.74, 6) is -0.164. The van der Waals surface area contributed by atoms with Gasteiger partial charge in [0.2, 0.25) is 5.91 Å². The summed E-state index contributed by atoms with van der Waals surface area (Å²) in [5, 5.41) is 14.3. The van der Waals surface area contributed by atoms with Crippen LogP contribution in [0.3, 0.4) is 0 Å². The maximum atomic E-state index is 11.0. The van der Waals surface area contributed by atoms with Gasteiger partial charge in [0.25, 0.3) is 0 Å². The van der Waals surface area contributed by atoms with Crippen LogP contribution in [0.1, 0.15) is 12.5 Å². The second-order valence-electron chi connectivity index (χ2n) is 3.51. The molecule has 0 aliphatic rings. The first-order valence-electron chi connectivity index (χ1n) is 5.07. The molecule has 0 aliphatic heterocycles. The molecule has 0 fully saturated rings. The molecule has 2 rings (SSSR count). The molecule has 1 aromatic carbocycles. The minimum absolute atomic E-state index is 0.164. The lowest BCUT2D eigenvalue weighted by atomic mass is 10.1. The van der Waals surface area contributed by atoms with Gasteiger partial charge in [0.1, 0.15) is 11.1 Å². The summed E-state index contributed by atoms with van der Waals surface area (Å²) in [7, 11) is 0. The van der Waals surface area contributed by atoms with E-state index in [4.69, 9.17) is 5.26 Å². The van der Waals surface area contributed by atoms with Crippen molar-refractivity contribution in [3.05, 3.63) is 41.3 Å². The smallest absolute Gasteiger partial charge is 0.221 e. The molecule has 0 saturated carbocycles. The molecule has 0 atom stereocenters. The van der Waals surface area contributed by atoms with Gasteiger partial charge in [-0.05, 0) is 5.56 Å². The van der Waals surface area contributed by atoms with Gasteiger partial charge < -0.3 is 5.32 Å². The third-order valence-electron chi connectivity index (χ3n) is 2.28. The van der Waals surface area contributed by atoms with E-state index >= 15 is 0 Å². The quantitative estimate of drug-likeness (QED) is 0.878. The average Bonchev–Trinajstić information content (AvgIpc) is 2.72. The lowest BCUT2D eigenvalue weighted by Gasteiger charge is -2.00. The van der Waals surface area contributed by atoms with Gasteiger partial charge in [-0.25, -0.2) is 0 Å². The Kier molecular flexibility index (Phi) is 3.22. The fraction of sp³-hybridized carbons (Fsp3) is 0.0769. The van der Waals surface area contributed by atoms with Crippen molar-refractivity contribution in [2.75, 3.05) is 5.32 Å². The summed E-state index contributed by atoms with van der Waals surface area (Å²) < 4.78 is 0. The number of anilines is 1. The fourth-order valence-corrected chi connectivity index (χ4v) is 2.52. The molecule has 0 bridgehead atoms. The number of nitriles is 1. The summed E-state index contributed by atoms with van der Waals surface area (Å²) in [6.07, 6.45) is 0. The molecule has 0 saturated heterocycles. The number of amides is 1. The van der Waals surface area contributed by atoms with Crippen molar-refractivity contribution in [3.8, 4) is 17.2 Å². The number of carbonyl (C=O) groups is 1. The third kappa shape index (κ3) is 2.35. The predicted octanol–water partition coefficient (Wildman–Crippen LogP) is 3.25. The minimum atomic E-state index is -0.164. The Hall–Kier alpha value is -2.12. The molecule has 2 aromatic rings. The molecule has 0 spiro atoms. The number of nitrogens with one attached hydrogen (secondary N) is 1. The minimum Gasteiger partial charge on any atom is -0.317 e. The number of thiophene rings is 1. The highest BCUT2D eigenvalue weighted by Crippen LogP contribution is 2.34. The number of carbonyl (C=O) groups excluding carboxylic acids is 1. The second kappa shape index (κ2) is 4.81. The molecule has 1 aromatic heterocycles. The van der Waals surface area contributed by atoms with Gasteiger partial charge in [-0.3, -0.25) is 4.79 Å². The van der Waals surface area contributed by atoms with E-state index in [0.717, 1.165) is 11.1 Å². The zero-order valence-corrected chi connectivity index (χ0v) is 10.0. The van der Waals surface area contributed by atoms with Crippen molar-refractivity contribution in [3.63, 3.8) is 0 Å². The molecular formula is C13H10N2OS. The first-order valence-corrected chi connectivity index (χ1v) is 5.95. The monoisotopic (exact) mass is 242 g/mol. The summed E-state index contributed by atoms with van der Waals surface area (Å²) >= 11 is 1.37. The Balaban J connectivity index is 2.47. The van der Waals surface area contributed by atoms with Crippen molar-refractivity contribution < 1.29 is 4.79 Å². The molecule has 0 radical (unpaired) electrons. The topological polar surface area (TPSA) is 52.9 Å².